The molecule has 4 nitrogen and oxygen atoms in total. The summed E-state index contributed by atoms with van der Waals surface area (Å²) in [5, 5.41) is 6.32. The third kappa shape index (κ3) is 3.27. The summed E-state index contributed by atoms with van der Waals surface area (Å²) < 4.78 is 5.30. The predicted octanol–water partition coefficient (Wildman–Crippen LogP) is 2.39. The van der Waals surface area contributed by atoms with Gasteiger partial charge in [0, 0.05) is 6.04 Å². The molecule has 1 amide bonds. The summed E-state index contributed by atoms with van der Waals surface area (Å²) in [4.78, 5) is 12.3. The maximum Gasteiger partial charge on any atom is 0.241 e. The van der Waals surface area contributed by atoms with Crippen LogP contribution in [-0.2, 0) is 11.3 Å². The molecule has 0 bridgehead atoms. The van der Waals surface area contributed by atoms with Crippen LogP contribution in [0.25, 0.3) is 0 Å². The molecule has 104 valence electrons. The Kier molecular flexibility index (Phi) is 3.83. The van der Waals surface area contributed by atoms with Crippen molar-refractivity contribution < 1.29 is 9.21 Å². The van der Waals surface area contributed by atoms with Gasteiger partial charge in [0.25, 0.3) is 0 Å². The Hall–Kier alpha value is -2.07. The van der Waals surface area contributed by atoms with Crippen molar-refractivity contribution in [3.63, 3.8) is 0 Å². The smallest absolute Gasteiger partial charge is 0.241 e. The molecule has 1 fully saturated rings. The number of nitrogens with one attached hydrogen (secondary N) is 2. The zero-order valence-corrected chi connectivity index (χ0v) is 11.2. The highest BCUT2D eigenvalue weighted by Crippen LogP contribution is 2.21. The van der Waals surface area contributed by atoms with Crippen LogP contribution in [0.15, 0.2) is 53.1 Å². The molecule has 0 unspecified atom stereocenters. The van der Waals surface area contributed by atoms with Crippen LogP contribution in [0.2, 0.25) is 0 Å². The summed E-state index contributed by atoms with van der Waals surface area (Å²) in [6, 6.07) is 13.5. The lowest BCUT2D eigenvalue weighted by atomic mass is 10.1. The number of benzene rings is 1. The lowest BCUT2D eigenvalue weighted by Crippen LogP contribution is -2.38. The summed E-state index contributed by atoms with van der Waals surface area (Å²) in [5.74, 6) is 0.857. The second-order valence-electron chi connectivity index (χ2n) is 5.09. The minimum Gasteiger partial charge on any atom is -0.468 e. The Labute approximate surface area is 118 Å². The van der Waals surface area contributed by atoms with Crippen LogP contribution < -0.4 is 10.6 Å². The van der Waals surface area contributed by atoms with E-state index in [0.29, 0.717) is 12.6 Å². The first-order chi connectivity index (χ1) is 9.83. The van der Waals surface area contributed by atoms with Gasteiger partial charge in [-0.15, -0.1) is 0 Å². The van der Waals surface area contributed by atoms with E-state index in [4.69, 9.17) is 4.42 Å². The van der Waals surface area contributed by atoms with Crippen molar-refractivity contribution in [2.75, 3.05) is 0 Å². The van der Waals surface area contributed by atoms with E-state index in [2.05, 4.69) is 10.6 Å². The normalized spacial score (nSPS) is 15.8. The number of hydrogen-bond acceptors (Lipinski definition) is 3. The number of carbonyl (C=O) groups excluding carboxylic acids is 1. The van der Waals surface area contributed by atoms with Crippen LogP contribution >= 0.6 is 0 Å². The largest absolute Gasteiger partial charge is 0.468 e. The lowest BCUT2D eigenvalue weighted by molar-refractivity contribution is -0.123. The molecule has 1 aliphatic carbocycles. The van der Waals surface area contributed by atoms with E-state index in [1.54, 1.807) is 6.26 Å². The topological polar surface area (TPSA) is 54.3 Å². The van der Waals surface area contributed by atoms with E-state index in [1.165, 1.54) is 0 Å². The van der Waals surface area contributed by atoms with Gasteiger partial charge in [0.15, 0.2) is 0 Å². The molecule has 2 aromatic rings. The molecule has 0 aliphatic heterocycles. The van der Waals surface area contributed by atoms with Crippen molar-refractivity contribution >= 4 is 5.91 Å². The fourth-order valence-electron chi connectivity index (χ4n) is 2.14. The molecule has 1 aromatic carbocycles. The zero-order valence-electron chi connectivity index (χ0n) is 11.2. The van der Waals surface area contributed by atoms with Crippen molar-refractivity contribution in [1.29, 1.82) is 0 Å². The molecule has 1 aliphatic rings. The van der Waals surface area contributed by atoms with Crippen molar-refractivity contribution in [3.8, 4) is 0 Å². The monoisotopic (exact) mass is 270 g/mol. The van der Waals surface area contributed by atoms with E-state index in [0.717, 1.165) is 24.2 Å². The van der Waals surface area contributed by atoms with Gasteiger partial charge in [-0.2, -0.15) is 0 Å². The van der Waals surface area contributed by atoms with Gasteiger partial charge in [-0.05, 0) is 30.5 Å². The molecule has 20 heavy (non-hydrogen) atoms. The van der Waals surface area contributed by atoms with E-state index in [1.807, 2.05) is 42.5 Å². The number of amides is 1. The highest BCUT2D eigenvalue weighted by Gasteiger charge is 2.28. The average molecular weight is 270 g/mol. The summed E-state index contributed by atoms with van der Waals surface area (Å²) in [7, 11) is 0. The minimum absolute atomic E-state index is 0.0326. The number of hydrogen-bond donors (Lipinski definition) is 2. The summed E-state index contributed by atoms with van der Waals surface area (Å²) in [6.07, 6.45) is 3.82. The quantitative estimate of drug-likeness (QED) is 0.847. The first-order valence-electron chi connectivity index (χ1n) is 6.94. The molecule has 1 heterocycles. The van der Waals surface area contributed by atoms with Gasteiger partial charge in [-0.25, -0.2) is 0 Å². The Morgan fingerprint density at radius 1 is 1.20 bits per heavy atom. The number of carbonyl (C=O) groups is 1. The Balaban J connectivity index is 1.70. The first-order valence-corrected chi connectivity index (χ1v) is 6.94. The van der Waals surface area contributed by atoms with Gasteiger partial charge < -0.3 is 9.73 Å². The lowest BCUT2D eigenvalue weighted by Gasteiger charge is -2.18. The Morgan fingerprint density at radius 3 is 2.65 bits per heavy atom. The molecule has 3 rings (SSSR count). The van der Waals surface area contributed by atoms with Crippen molar-refractivity contribution in [2.45, 2.75) is 31.5 Å². The molecule has 1 aromatic heterocycles. The van der Waals surface area contributed by atoms with E-state index < -0.39 is 0 Å². The Morgan fingerprint density at radius 2 is 2.00 bits per heavy atom. The SMILES string of the molecule is O=C(NC1CC1)[C@H](NCc1ccco1)c1ccccc1. The standard InChI is InChI=1S/C16H18N2O2/c19-16(18-13-8-9-13)15(12-5-2-1-3-6-12)17-11-14-7-4-10-20-14/h1-7,10,13,15,17H,8-9,11H2,(H,18,19)/t15-/m1/s1. The Bertz CT molecular complexity index is 547. The maximum absolute atomic E-state index is 12.3. The predicted molar refractivity (Wildman–Crippen MR) is 75.9 cm³/mol. The molecule has 4 heteroatoms. The van der Waals surface area contributed by atoms with E-state index >= 15 is 0 Å². The van der Waals surface area contributed by atoms with Crippen LogP contribution in [0, 0.1) is 0 Å². The first kappa shape index (κ1) is 12.9. The van der Waals surface area contributed by atoms with Gasteiger partial charge in [-0.3, -0.25) is 10.1 Å². The summed E-state index contributed by atoms with van der Waals surface area (Å²) >= 11 is 0. The van der Waals surface area contributed by atoms with Crippen molar-refractivity contribution in [3.05, 3.63) is 60.1 Å². The van der Waals surface area contributed by atoms with Gasteiger partial charge in [0.1, 0.15) is 11.8 Å². The average Bonchev–Trinajstić information content (AvgIpc) is 3.13. The molecule has 0 spiro atoms. The van der Waals surface area contributed by atoms with Crippen molar-refractivity contribution in [2.24, 2.45) is 0 Å². The summed E-state index contributed by atoms with van der Waals surface area (Å²) in [5.41, 5.74) is 0.970. The fraction of sp³-hybridized carbons (Fsp3) is 0.312. The minimum atomic E-state index is -0.345. The van der Waals surface area contributed by atoms with Crippen molar-refractivity contribution in [1.82, 2.24) is 10.6 Å². The third-order valence-corrected chi connectivity index (χ3v) is 3.38. The van der Waals surface area contributed by atoms with E-state index in [-0.39, 0.29) is 11.9 Å². The van der Waals surface area contributed by atoms with Crippen LogP contribution in [0.4, 0.5) is 0 Å². The maximum atomic E-state index is 12.3. The van der Waals surface area contributed by atoms with Crippen LogP contribution in [0.1, 0.15) is 30.2 Å². The molecule has 1 atom stereocenters. The van der Waals surface area contributed by atoms with Gasteiger partial charge >= 0.3 is 0 Å². The zero-order chi connectivity index (χ0) is 13.8. The second-order valence-corrected chi connectivity index (χ2v) is 5.09. The fourth-order valence-corrected chi connectivity index (χ4v) is 2.14. The molecule has 2 N–H and O–H groups in total. The highest BCUT2D eigenvalue weighted by atomic mass is 16.3. The number of furan rings is 1. The molecule has 1 saturated carbocycles. The molecular weight excluding hydrogens is 252 g/mol. The van der Waals surface area contributed by atoms with Gasteiger partial charge in [0.2, 0.25) is 5.91 Å². The number of rotatable bonds is 6. The molecule has 0 saturated heterocycles. The molecule has 0 radical (unpaired) electrons. The van der Waals surface area contributed by atoms with Crippen LogP contribution in [0.5, 0.6) is 0 Å². The molecular formula is C16H18N2O2. The highest BCUT2D eigenvalue weighted by molar-refractivity contribution is 5.83. The van der Waals surface area contributed by atoms with Crippen LogP contribution in [-0.4, -0.2) is 11.9 Å². The van der Waals surface area contributed by atoms with E-state index in [9.17, 15) is 4.79 Å². The van der Waals surface area contributed by atoms with Crippen LogP contribution in [0.3, 0.4) is 0 Å². The van der Waals surface area contributed by atoms with Gasteiger partial charge in [0.05, 0.1) is 12.8 Å². The summed E-state index contributed by atoms with van der Waals surface area (Å²) in [6.45, 7) is 0.532. The van der Waals surface area contributed by atoms with Gasteiger partial charge in [-0.1, -0.05) is 30.3 Å². The third-order valence-electron chi connectivity index (χ3n) is 3.38. The second kappa shape index (κ2) is 5.92.